The van der Waals surface area contributed by atoms with Gasteiger partial charge in [-0.1, -0.05) is 103 Å². The third kappa shape index (κ3) is 18.3. The number of hydrogen-bond donors (Lipinski definition) is 1. The molecular formula is C18H38OS. The molecule has 0 unspecified atom stereocenters. The molecule has 0 aromatic carbocycles. The van der Waals surface area contributed by atoms with Crippen molar-refractivity contribution in [1.29, 1.82) is 0 Å². The number of unbranched alkanes of at least 4 members (excludes halogenated alkanes) is 15. The second-order valence-electron chi connectivity index (χ2n) is 6.14. The first-order chi connectivity index (χ1) is 9.91. The number of rotatable bonds is 17. The third-order valence-corrected chi connectivity index (χ3v) is 4.27. The molecule has 122 valence electrons. The molecule has 0 aliphatic rings. The summed E-state index contributed by atoms with van der Waals surface area (Å²) in [5.74, 6) is 0. The van der Waals surface area contributed by atoms with Gasteiger partial charge in [-0.15, -0.1) is 0 Å². The van der Waals surface area contributed by atoms with Crippen molar-refractivity contribution in [1.82, 2.24) is 0 Å². The van der Waals surface area contributed by atoms with Gasteiger partial charge in [-0.2, -0.15) is 0 Å². The van der Waals surface area contributed by atoms with Crippen molar-refractivity contribution in [3.05, 3.63) is 0 Å². The van der Waals surface area contributed by atoms with E-state index in [0.717, 1.165) is 6.61 Å². The minimum atomic E-state index is 0.807. The van der Waals surface area contributed by atoms with Crippen LogP contribution in [0.2, 0.25) is 0 Å². The largest absolute Gasteiger partial charge is 0.319 e. The van der Waals surface area contributed by atoms with E-state index >= 15 is 0 Å². The van der Waals surface area contributed by atoms with Gasteiger partial charge in [-0.05, 0) is 19.3 Å². The molecular weight excluding hydrogens is 264 g/mol. The standard InChI is InChI=1S/C18H38OS/c1-2-3-4-5-6-7-8-9-10-11-12-13-14-15-16-17-18-19-20/h20H,2-18H2,1H3. The van der Waals surface area contributed by atoms with Gasteiger partial charge in [-0.3, -0.25) is 0 Å². The fraction of sp³-hybridized carbons (Fsp3) is 1.00. The zero-order valence-electron chi connectivity index (χ0n) is 13.9. The van der Waals surface area contributed by atoms with E-state index in [0.29, 0.717) is 0 Å². The summed E-state index contributed by atoms with van der Waals surface area (Å²) in [6.07, 6.45) is 22.6. The molecule has 0 N–H and O–H groups in total. The molecule has 0 atom stereocenters. The highest BCUT2D eigenvalue weighted by Crippen LogP contribution is 2.13. The van der Waals surface area contributed by atoms with Crippen molar-refractivity contribution in [3.63, 3.8) is 0 Å². The molecule has 20 heavy (non-hydrogen) atoms. The fourth-order valence-electron chi connectivity index (χ4n) is 2.71. The van der Waals surface area contributed by atoms with Crippen molar-refractivity contribution in [2.75, 3.05) is 6.61 Å². The normalized spacial score (nSPS) is 11.1. The molecule has 0 aliphatic heterocycles. The minimum Gasteiger partial charge on any atom is -0.319 e. The summed E-state index contributed by atoms with van der Waals surface area (Å²) in [5, 5.41) is 0. The zero-order valence-corrected chi connectivity index (χ0v) is 14.8. The SMILES string of the molecule is CCCCCCCCCCCCCCCCCCOS. The van der Waals surface area contributed by atoms with Gasteiger partial charge in [0.25, 0.3) is 0 Å². The number of hydrogen-bond acceptors (Lipinski definition) is 2. The van der Waals surface area contributed by atoms with Crippen LogP contribution in [-0.2, 0) is 4.18 Å². The van der Waals surface area contributed by atoms with Crippen LogP contribution in [0.25, 0.3) is 0 Å². The van der Waals surface area contributed by atoms with Crippen LogP contribution in [0.4, 0.5) is 0 Å². The summed E-state index contributed by atoms with van der Waals surface area (Å²) in [5.41, 5.74) is 0. The molecule has 2 heteroatoms. The van der Waals surface area contributed by atoms with Gasteiger partial charge in [0.2, 0.25) is 0 Å². The Hall–Kier alpha value is 0.310. The second kappa shape index (κ2) is 19.3. The highest BCUT2D eigenvalue weighted by molar-refractivity contribution is 7.75. The maximum Gasteiger partial charge on any atom is 0.0610 e. The summed E-state index contributed by atoms with van der Waals surface area (Å²) < 4.78 is 4.76. The first kappa shape index (κ1) is 20.3. The van der Waals surface area contributed by atoms with Crippen LogP contribution in [0, 0.1) is 0 Å². The molecule has 0 aliphatic carbocycles. The monoisotopic (exact) mass is 302 g/mol. The topological polar surface area (TPSA) is 9.23 Å². The smallest absolute Gasteiger partial charge is 0.0610 e. The first-order valence-electron chi connectivity index (χ1n) is 9.18. The molecule has 0 aromatic rings. The van der Waals surface area contributed by atoms with Gasteiger partial charge in [0.15, 0.2) is 0 Å². The highest BCUT2D eigenvalue weighted by atomic mass is 32.1. The number of thiol groups is 1. The Morgan fingerprint density at radius 3 is 1.10 bits per heavy atom. The van der Waals surface area contributed by atoms with Crippen LogP contribution < -0.4 is 0 Å². The summed E-state index contributed by atoms with van der Waals surface area (Å²) >= 11 is 3.75. The Morgan fingerprint density at radius 2 is 0.800 bits per heavy atom. The molecule has 0 saturated heterocycles. The van der Waals surface area contributed by atoms with Gasteiger partial charge in [0, 0.05) is 0 Å². The lowest BCUT2D eigenvalue weighted by atomic mass is 10.0. The lowest BCUT2D eigenvalue weighted by molar-refractivity contribution is 0.361. The average Bonchev–Trinajstić information content (AvgIpc) is 2.47. The Bertz CT molecular complexity index is 143. The van der Waals surface area contributed by atoms with Crippen LogP contribution in [0.5, 0.6) is 0 Å². The predicted molar refractivity (Wildman–Crippen MR) is 94.5 cm³/mol. The van der Waals surface area contributed by atoms with Gasteiger partial charge in [0.1, 0.15) is 0 Å². The van der Waals surface area contributed by atoms with Gasteiger partial charge in [-0.25, -0.2) is 0 Å². The van der Waals surface area contributed by atoms with E-state index in [1.165, 1.54) is 103 Å². The van der Waals surface area contributed by atoms with Crippen molar-refractivity contribution >= 4 is 12.9 Å². The van der Waals surface area contributed by atoms with Crippen molar-refractivity contribution in [2.24, 2.45) is 0 Å². The molecule has 1 nitrogen and oxygen atoms in total. The summed E-state index contributed by atoms with van der Waals surface area (Å²) in [4.78, 5) is 0. The summed E-state index contributed by atoms with van der Waals surface area (Å²) in [7, 11) is 0. The Labute approximate surface area is 133 Å². The van der Waals surface area contributed by atoms with E-state index in [9.17, 15) is 0 Å². The van der Waals surface area contributed by atoms with Crippen LogP contribution in [-0.4, -0.2) is 6.61 Å². The minimum absolute atomic E-state index is 0.807. The van der Waals surface area contributed by atoms with E-state index in [1.54, 1.807) is 0 Å². The molecule has 0 bridgehead atoms. The summed E-state index contributed by atoms with van der Waals surface area (Å²) in [6.45, 7) is 3.10. The predicted octanol–water partition coefficient (Wildman–Crippen LogP) is 7.11. The third-order valence-electron chi connectivity index (χ3n) is 4.09. The summed E-state index contributed by atoms with van der Waals surface area (Å²) in [6, 6.07) is 0. The van der Waals surface area contributed by atoms with Crippen LogP contribution in [0.1, 0.15) is 110 Å². The molecule has 0 aromatic heterocycles. The second-order valence-corrected chi connectivity index (χ2v) is 6.39. The van der Waals surface area contributed by atoms with E-state index in [2.05, 4.69) is 19.8 Å². The maximum atomic E-state index is 4.76. The molecule has 0 amide bonds. The quantitative estimate of drug-likeness (QED) is 0.171. The molecule has 0 saturated carbocycles. The molecule has 0 fully saturated rings. The lowest BCUT2D eigenvalue weighted by Gasteiger charge is -2.03. The Balaban J connectivity index is 2.89. The fourth-order valence-corrected chi connectivity index (χ4v) is 2.84. The molecule has 0 spiro atoms. The zero-order chi connectivity index (χ0) is 14.7. The van der Waals surface area contributed by atoms with E-state index in [1.807, 2.05) is 0 Å². The van der Waals surface area contributed by atoms with Crippen LogP contribution in [0.3, 0.4) is 0 Å². The Morgan fingerprint density at radius 1 is 0.500 bits per heavy atom. The van der Waals surface area contributed by atoms with E-state index in [4.69, 9.17) is 4.18 Å². The average molecular weight is 303 g/mol. The van der Waals surface area contributed by atoms with E-state index in [-0.39, 0.29) is 0 Å². The van der Waals surface area contributed by atoms with Crippen LogP contribution in [0.15, 0.2) is 0 Å². The van der Waals surface area contributed by atoms with Gasteiger partial charge >= 0.3 is 0 Å². The lowest BCUT2D eigenvalue weighted by Crippen LogP contribution is -1.86. The first-order valence-corrected chi connectivity index (χ1v) is 9.54. The van der Waals surface area contributed by atoms with E-state index < -0.39 is 0 Å². The van der Waals surface area contributed by atoms with Gasteiger partial charge < -0.3 is 4.18 Å². The maximum absolute atomic E-state index is 4.76. The molecule has 0 radical (unpaired) electrons. The van der Waals surface area contributed by atoms with Crippen molar-refractivity contribution < 1.29 is 4.18 Å². The van der Waals surface area contributed by atoms with Crippen LogP contribution >= 0.6 is 12.9 Å². The molecule has 0 rings (SSSR count). The van der Waals surface area contributed by atoms with Gasteiger partial charge in [0.05, 0.1) is 6.61 Å². The van der Waals surface area contributed by atoms with Crippen molar-refractivity contribution in [3.8, 4) is 0 Å². The Kier molecular flexibility index (Phi) is 19.6. The van der Waals surface area contributed by atoms with Crippen molar-refractivity contribution in [2.45, 2.75) is 110 Å². The highest BCUT2D eigenvalue weighted by Gasteiger charge is 1.94. The molecule has 0 heterocycles.